The molecule has 108 valence electrons. The first-order chi connectivity index (χ1) is 8.76. The Hall–Kier alpha value is -0.880. The number of hydrogen-bond donors (Lipinski definition) is 2. The maximum absolute atomic E-state index is 14.0. The maximum Gasteiger partial charge on any atom is 0.131 e. The second kappa shape index (κ2) is 7.65. The molecule has 1 fully saturated rings. The summed E-state index contributed by atoms with van der Waals surface area (Å²) in [4.78, 5) is 2.10. The molecule has 19 heavy (non-hydrogen) atoms. The molecule has 1 heterocycles. The number of nitrogens with one attached hydrogen (secondary N) is 1. The Bertz CT molecular complexity index is 400. The van der Waals surface area contributed by atoms with Gasteiger partial charge in [-0.05, 0) is 6.07 Å². The quantitative estimate of drug-likeness (QED) is 0.874. The number of aliphatic hydroxyl groups excluding tert-OH is 1. The van der Waals surface area contributed by atoms with E-state index in [4.69, 9.17) is 4.74 Å². The predicted octanol–water partition coefficient (Wildman–Crippen LogP) is 1.19. The molecule has 0 radical (unpaired) electrons. The zero-order valence-electron chi connectivity index (χ0n) is 10.9. The molecular weight excluding hydrogens is 271 g/mol. The Balaban J connectivity index is 0.00000180. The Labute approximate surface area is 119 Å². The SMILES string of the molecule is COc1ccc([C@@H](CO)N2CCNCC2)c(F)c1.Cl. The first-order valence-electron chi connectivity index (χ1n) is 6.15. The van der Waals surface area contributed by atoms with Gasteiger partial charge < -0.3 is 15.2 Å². The van der Waals surface area contributed by atoms with Gasteiger partial charge in [-0.15, -0.1) is 12.4 Å². The van der Waals surface area contributed by atoms with Crippen LogP contribution in [0.2, 0.25) is 0 Å². The third-order valence-electron chi connectivity index (χ3n) is 3.33. The lowest BCUT2D eigenvalue weighted by molar-refractivity contribution is 0.108. The van der Waals surface area contributed by atoms with Gasteiger partial charge in [-0.3, -0.25) is 4.90 Å². The number of nitrogens with zero attached hydrogens (tertiary/aromatic N) is 1. The fraction of sp³-hybridized carbons (Fsp3) is 0.538. The molecule has 1 atom stereocenters. The fourth-order valence-corrected chi connectivity index (χ4v) is 2.31. The van der Waals surface area contributed by atoms with Gasteiger partial charge in [-0.1, -0.05) is 6.07 Å². The van der Waals surface area contributed by atoms with E-state index in [0.717, 1.165) is 26.2 Å². The van der Waals surface area contributed by atoms with Crippen LogP contribution in [0, 0.1) is 5.82 Å². The lowest BCUT2D eigenvalue weighted by Crippen LogP contribution is -2.46. The van der Waals surface area contributed by atoms with Crippen LogP contribution in [0.1, 0.15) is 11.6 Å². The van der Waals surface area contributed by atoms with Gasteiger partial charge >= 0.3 is 0 Å². The van der Waals surface area contributed by atoms with E-state index in [9.17, 15) is 9.50 Å². The number of benzene rings is 1. The van der Waals surface area contributed by atoms with Crippen molar-refractivity contribution in [3.8, 4) is 5.75 Å². The number of piperazine rings is 1. The lowest BCUT2D eigenvalue weighted by Gasteiger charge is -2.34. The molecule has 0 saturated carbocycles. The molecule has 1 saturated heterocycles. The average molecular weight is 291 g/mol. The van der Waals surface area contributed by atoms with Crippen LogP contribution in [0.4, 0.5) is 4.39 Å². The molecule has 1 aromatic rings. The van der Waals surface area contributed by atoms with Crippen molar-refractivity contribution in [2.45, 2.75) is 6.04 Å². The number of rotatable bonds is 4. The first kappa shape index (κ1) is 16.2. The van der Waals surface area contributed by atoms with Crippen molar-refractivity contribution in [1.29, 1.82) is 0 Å². The average Bonchev–Trinajstić information content (AvgIpc) is 2.42. The molecule has 0 bridgehead atoms. The van der Waals surface area contributed by atoms with Crippen LogP contribution in [-0.4, -0.2) is 49.9 Å². The normalized spacial score (nSPS) is 17.6. The third-order valence-corrected chi connectivity index (χ3v) is 3.33. The second-order valence-corrected chi connectivity index (χ2v) is 4.37. The van der Waals surface area contributed by atoms with E-state index in [1.807, 2.05) is 0 Å². The highest BCUT2D eigenvalue weighted by Crippen LogP contribution is 2.26. The molecule has 1 aliphatic rings. The van der Waals surface area contributed by atoms with E-state index < -0.39 is 0 Å². The van der Waals surface area contributed by atoms with E-state index in [1.54, 1.807) is 12.1 Å². The van der Waals surface area contributed by atoms with Crippen LogP contribution in [0.15, 0.2) is 18.2 Å². The van der Waals surface area contributed by atoms with Crippen molar-refractivity contribution in [1.82, 2.24) is 10.2 Å². The van der Waals surface area contributed by atoms with Gasteiger partial charge in [-0.2, -0.15) is 0 Å². The minimum atomic E-state index is -0.327. The van der Waals surface area contributed by atoms with Crippen LogP contribution in [-0.2, 0) is 0 Å². The summed E-state index contributed by atoms with van der Waals surface area (Å²) in [5, 5.41) is 12.8. The highest BCUT2D eigenvalue weighted by atomic mass is 35.5. The van der Waals surface area contributed by atoms with Crippen molar-refractivity contribution >= 4 is 12.4 Å². The predicted molar refractivity (Wildman–Crippen MR) is 74.5 cm³/mol. The molecule has 4 nitrogen and oxygen atoms in total. The maximum atomic E-state index is 14.0. The summed E-state index contributed by atoms with van der Waals surface area (Å²) in [5.74, 6) is 0.167. The van der Waals surface area contributed by atoms with E-state index in [-0.39, 0.29) is 30.9 Å². The minimum absolute atomic E-state index is 0. The van der Waals surface area contributed by atoms with Crippen LogP contribution < -0.4 is 10.1 Å². The largest absolute Gasteiger partial charge is 0.497 e. The number of ether oxygens (including phenoxy) is 1. The van der Waals surface area contributed by atoms with E-state index in [0.29, 0.717) is 11.3 Å². The standard InChI is InChI=1S/C13H19FN2O2.ClH/c1-18-10-2-3-11(12(14)8-10)13(9-17)16-6-4-15-5-7-16;/h2-3,8,13,15,17H,4-7,9H2,1H3;1H/t13-;/m1./s1. The molecule has 0 unspecified atom stereocenters. The topological polar surface area (TPSA) is 44.7 Å². The second-order valence-electron chi connectivity index (χ2n) is 4.37. The number of methoxy groups -OCH3 is 1. The van der Waals surface area contributed by atoms with Crippen LogP contribution in [0.5, 0.6) is 5.75 Å². The fourth-order valence-electron chi connectivity index (χ4n) is 2.31. The van der Waals surface area contributed by atoms with Gasteiger partial charge in [0.15, 0.2) is 0 Å². The monoisotopic (exact) mass is 290 g/mol. The van der Waals surface area contributed by atoms with Gasteiger partial charge in [0, 0.05) is 37.8 Å². The highest BCUT2D eigenvalue weighted by Gasteiger charge is 2.24. The van der Waals surface area contributed by atoms with E-state index >= 15 is 0 Å². The number of aliphatic hydroxyl groups is 1. The van der Waals surface area contributed by atoms with Crippen LogP contribution in [0.3, 0.4) is 0 Å². The summed E-state index contributed by atoms with van der Waals surface area (Å²) < 4.78 is 19.0. The zero-order chi connectivity index (χ0) is 13.0. The Kier molecular flexibility index (Phi) is 6.51. The molecule has 2 N–H and O–H groups in total. The van der Waals surface area contributed by atoms with Crippen molar-refractivity contribution in [2.75, 3.05) is 39.9 Å². The van der Waals surface area contributed by atoms with E-state index in [1.165, 1.54) is 13.2 Å². The molecule has 6 heteroatoms. The summed E-state index contributed by atoms with van der Waals surface area (Å²) in [7, 11) is 1.51. The van der Waals surface area contributed by atoms with Gasteiger partial charge in [-0.25, -0.2) is 4.39 Å². The lowest BCUT2D eigenvalue weighted by atomic mass is 10.0. The summed E-state index contributed by atoms with van der Waals surface area (Å²) in [6.45, 7) is 3.29. The first-order valence-corrected chi connectivity index (χ1v) is 6.15. The van der Waals surface area contributed by atoms with Gasteiger partial charge in [0.05, 0.1) is 19.8 Å². The molecule has 0 aromatic heterocycles. The molecule has 0 aliphatic carbocycles. The Morgan fingerprint density at radius 3 is 2.63 bits per heavy atom. The molecule has 0 amide bonds. The molecule has 1 aromatic carbocycles. The van der Waals surface area contributed by atoms with Crippen molar-refractivity contribution in [3.63, 3.8) is 0 Å². The zero-order valence-corrected chi connectivity index (χ0v) is 11.8. The molecule has 1 aliphatic heterocycles. The van der Waals surface area contributed by atoms with E-state index in [2.05, 4.69) is 10.2 Å². The van der Waals surface area contributed by atoms with Crippen LogP contribution in [0.25, 0.3) is 0 Å². The third kappa shape index (κ3) is 3.79. The van der Waals surface area contributed by atoms with Gasteiger partial charge in [0.1, 0.15) is 11.6 Å². The molecule has 2 rings (SSSR count). The number of hydrogen-bond acceptors (Lipinski definition) is 4. The summed E-state index contributed by atoms with van der Waals surface area (Å²) >= 11 is 0. The van der Waals surface area contributed by atoms with Gasteiger partial charge in [0.25, 0.3) is 0 Å². The smallest absolute Gasteiger partial charge is 0.131 e. The molecule has 0 spiro atoms. The molecular formula is C13H20ClFN2O2. The highest BCUT2D eigenvalue weighted by molar-refractivity contribution is 5.85. The van der Waals surface area contributed by atoms with Crippen molar-refractivity contribution in [3.05, 3.63) is 29.6 Å². The van der Waals surface area contributed by atoms with Crippen LogP contribution >= 0.6 is 12.4 Å². The Morgan fingerprint density at radius 2 is 2.11 bits per heavy atom. The summed E-state index contributed by atoms with van der Waals surface area (Å²) in [6, 6.07) is 4.50. The number of halogens is 2. The Morgan fingerprint density at radius 1 is 1.42 bits per heavy atom. The van der Waals surface area contributed by atoms with Crippen molar-refractivity contribution in [2.24, 2.45) is 0 Å². The van der Waals surface area contributed by atoms with Gasteiger partial charge in [0.2, 0.25) is 0 Å². The van der Waals surface area contributed by atoms with Crippen molar-refractivity contribution < 1.29 is 14.2 Å². The summed E-state index contributed by atoms with van der Waals surface area (Å²) in [6.07, 6.45) is 0. The minimum Gasteiger partial charge on any atom is -0.497 e. The summed E-state index contributed by atoms with van der Waals surface area (Å²) in [5.41, 5.74) is 0.528.